The van der Waals surface area contributed by atoms with Gasteiger partial charge >= 0.3 is 6.03 Å². The molecule has 7 heteroatoms. The topological polar surface area (TPSA) is 61.4 Å². The second-order valence-electron chi connectivity index (χ2n) is 5.94. The first-order valence-corrected chi connectivity index (χ1v) is 8.61. The van der Waals surface area contributed by atoms with Gasteiger partial charge in [0.2, 0.25) is 5.91 Å². The van der Waals surface area contributed by atoms with Crippen LogP contribution in [-0.2, 0) is 4.79 Å². The van der Waals surface area contributed by atoms with Gasteiger partial charge in [0.25, 0.3) is 0 Å². The first-order valence-electron chi connectivity index (χ1n) is 7.82. The quantitative estimate of drug-likeness (QED) is 0.814. The predicted molar refractivity (Wildman–Crippen MR) is 98.2 cm³/mol. The van der Waals surface area contributed by atoms with Gasteiger partial charge in [-0.25, -0.2) is 9.18 Å². The summed E-state index contributed by atoms with van der Waals surface area (Å²) in [5, 5.41) is 5.57. The van der Waals surface area contributed by atoms with E-state index in [-0.39, 0.29) is 30.2 Å². The minimum absolute atomic E-state index is 0.101. The summed E-state index contributed by atoms with van der Waals surface area (Å²) in [4.78, 5) is 25.8. The highest BCUT2D eigenvalue weighted by atomic mass is 79.9. The summed E-state index contributed by atoms with van der Waals surface area (Å²) in [6, 6.07) is 10.6. The van der Waals surface area contributed by atoms with Crippen molar-refractivity contribution >= 4 is 39.2 Å². The third-order valence-electron chi connectivity index (χ3n) is 4.01. The molecule has 0 saturated carbocycles. The standard InChI is InChI=1S/C18H17BrFN3O2/c1-11-8-13(4-7-16(11)19)21-18(25)22-14-9-17(24)23(10-14)15-5-2-12(20)3-6-15/h2-8,14H,9-10H2,1H3,(H2,21,22,25). The van der Waals surface area contributed by atoms with E-state index in [1.165, 1.54) is 12.1 Å². The normalized spacial score (nSPS) is 16.8. The molecule has 0 radical (unpaired) electrons. The Morgan fingerprint density at radius 1 is 1.24 bits per heavy atom. The maximum Gasteiger partial charge on any atom is 0.319 e. The molecule has 1 heterocycles. The maximum atomic E-state index is 13.0. The number of hydrogen-bond acceptors (Lipinski definition) is 2. The van der Waals surface area contributed by atoms with Crippen molar-refractivity contribution < 1.29 is 14.0 Å². The number of urea groups is 1. The number of nitrogens with one attached hydrogen (secondary N) is 2. The van der Waals surface area contributed by atoms with Crippen LogP contribution in [0.15, 0.2) is 46.9 Å². The van der Waals surface area contributed by atoms with Crippen LogP contribution in [-0.4, -0.2) is 24.5 Å². The highest BCUT2D eigenvalue weighted by Gasteiger charge is 2.31. The first-order chi connectivity index (χ1) is 11.9. The highest BCUT2D eigenvalue weighted by molar-refractivity contribution is 9.10. The number of halogens is 2. The molecule has 3 rings (SSSR count). The average molecular weight is 406 g/mol. The number of amides is 3. The fourth-order valence-electron chi connectivity index (χ4n) is 2.75. The fraction of sp³-hybridized carbons (Fsp3) is 0.222. The fourth-order valence-corrected chi connectivity index (χ4v) is 3.00. The number of anilines is 2. The molecule has 1 aliphatic heterocycles. The van der Waals surface area contributed by atoms with E-state index in [2.05, 4.69) is 26.6 Å². The lowest BCUT2D eigenvalue weighted by Gasteiger charge is -2.17. The molecule has 3 amide bonds. The minimum Gasteiger partial charge on any atom is -0.333 e. The van der Waals surface area contributed by atoms with Crippen molar-refractivity contribution in [2.75, 3.05) is 16.8 Å². The van der Waals surface area contributed by atoms with E-state index in [4.69, 9.17) is 0 Å². The Morgan fingerprint density at radius 3 is 2.64 bits per heavy atom. The van der Waals surface area contributed by atoms with Crippen LogP contribution < -0.4 is 15.5 Å². The molecule has 1 aliphatic rings. The molecule has 1 fully saturated rings. The Bertz CT molecular complexity index is 810. The van der Waals surface area contributed by atoms with Crippen molar-refractivity contribution in [2.24, 2.45) is 0 Å². The summed E-state index contributed by atoms with van der Waals surface area (Å²) in [5.74, 6) is -0.453. The number of hydrogen-bond donors (Lipinski definition) is 2. The molecular formula is C18H17BrFN3O2. The Labute approximate surface area is 153 Å². The van der Waals surface area contributed by atoms with Gasteiger partial charge in [0.1, 0.15) is 5.82 Å². The van der Waals surface area contributed by atoms with E-state index in [1.807, 2.05) is 19.1 Å². The lowest BCUT2D eigenvalue weighted by Crippen LogP contribution is -2.39. The van der Waals surface area contributed by atoms with Crippen molar-refractivity contribution in [2.45, 2.75) is 19.4 Å². The Kier molecular flexibility index (Phi) is 5.03. The predicted octanol–water partition coefficient (Wildman–Crippen LogP) is 3.82. The highest BCUT2D eigenvalue weighted by Crippen LogP contribution is 2.22. The zero-order valence-electron chi connectivity index (χ0n) is 13.6. The van der Waals surface area contributed by atoms with Crippen LogP contribution in [0.3, 0.4) is 0 Å². The van der Waals surface area contributed by atoms with Crippen molar-refractivity contribution in [3.63, 3.8) is 0 Å². The second kappa shape index (κ2) is 7.23. The Balaban J connectivity index is 1.60. The molecule has 0 aliphatic carbocycles. The van der Waals surface area contributed by atoms with Crippen LogP contribution in [0.4, 0.5) is 20.6 Å². The summed E-state index contributed by atoms with van der Waals surface area (Å²) in [6.07, 6.45) is 0.212. The molecule has 1 atom stereocenters. The van der Waals surface area contributed by atoms with Crippen LogP contribution in [0, 0.1) is 12.7 Å². The van der Waals surface area contributed by atoms with Crippen LogP contribution in [0.25, 0.3) is 0 Å². The van der Waals surface area contributed by atoms with Crippen LogP contribution in [0.2, 0.25) is 0 Å². The number of nitrogens with zero attached hydrogens (tertiary/aromatic N) is 1. The van der Waals surface area contributed by atoms with Gasteiger partial charge in [-0.05, 0) is 55.0 Å². The third kappa shape index (κ3) is 4.17. The van der Waals surface area contributed by atoms with Gasteiger partial charge in [0.05, 0.1) is 6.04 Å². The monoisotopic (exact) mass is 405 g/mol. The van der Waals surface area contributed by atoms with E-state index in [1.54, 1.807) is 23.1 Å². The van der Waals surface area contributed by atoms with Crippen molar-refractivity contribution in [3.8, 4) is 0 Å². The molecule has 0 aromatic heterocycles. The molecular weight excluding hydrogens is 389 g/mol. The van der Waals surface area contributed by atoms with Crippen LogP contribution in [0.5, 0.6) is 0 Å². The van der Waals surface area contributed by atoms with Gasteiger partial charge in [0, 0.05) is 28.8 Å². The first kappa shape index (κ1) is 17.4. The molecule has 25 heavy (non-hydrogen) atoms. The maximum absolute atomic E-state index is 13.0. The van der Waals surface area contributed by atoms with Gasteiger partial charge in [-0.2, -0.15) is 0 Å². The van der Waals surface area contributed by atoms with Crippen LogP contribution in [0.1, 0.15) is 12.0 Å². The van der Waals surface area contributed by atoms with E-state index in [0.29, 0.717) is 17.9 Å². The summed E-state index contributed by atoms with van der Waals surface area (Å²) in [7, 11) is 0. The van der Waals surface area contributed by atoms with E-state index in [9.17, 15) is 14.0 Å². The number of carbonyl (C=O) groups excluding carboxylic acids is 2. The average Bonchev–Trinajstić information content (AvgIpc) is 2.92. The van der Waals surface area contributed by atoms with E-state index >= 15 is 0 Å². The molecule has 1 unspecified atom stereocenters. The number of benzene rings is 2. The SMILES string of the molecule is Cc1cc(NC(=O)NC2CC(=O)N(c3ccc(F)cc3)C2)ccc1Br. The van der Waals surface area contributed by atoms with Gasteiger partial charge in [-0.15, -0.1) is 0 Å². The van der Waals surface area contributed by atoms with Crippen molar-refractivity contribution in [1.29, 1.82) is 0 Å². The Morgan fingerprint density at radius 2 is 1.96 bits per heavy atom. The molecule has 130 valence electrons. The minimum atomic E-state index is -0.361. The van der Waals surface area contributed by atoms with Gasteiger partial charge < -0.3 is 15.5 Å². The molecule has 0 spiro atoms. The number of rotatable bonds is 3. The summed E-state index contributed by atoms with van der Waals surface area (Å²) >= 11 is 3.41. The molecule has 2 aromatic rings. The summed E-state index contributed by atoms with van der Waals surface area (Å²) in [6.45, 7) is 2.29. The smallest absolute Gasteiger partial charge is 0.319 e. The van der Waals surface area contributed by atoms with E-state index in [0.717, 1.165) is 10.0 Å². The van der Waals surface area contributed by atoms with E-state index < -0.39 is 0 Å². The summed E-state index contributed by atoms with van der Waals surface area (Å²) in [5.41, 5.74) is 2.31. The largest absolute Gasteiger partial charge is 0.333 e. The molecule has 5 nitrogen and oxygen atoms in total. The third-order valence-corrected chi connectivity index (χ3v) is 4.90. The van der Waals surface area contributed by atoms with Gasteiger partial charge in [-0.3, -0.25) is 4.79 Å². The van der Waals surface area contributed by atoms with Crippen LogP contribution >= 0.6 is 15.9 Å². The molecule has 1 saturated heterocycles. The lowest BCUT2D eigenvalue weighted by atomic mass is 10.2. The zero-order valence-corrected chi connectivity index (χ0v) is 15.1. The second-order valence-corrected chi connectivity index (χ2v) is 6.80. The molecule has 2 N–H and O–H groups in total. The zero-order chi connectivity index (χ0) is 18.0. The molecule has 0 bridgehead atoms. The number of carbonyl (C=O) groups is 2. The molecule has 2 aromatic carbocycles. The van der Waals surface area contributed by atoms with Gasteiger partial charge in [0.15, 0.2) is 0 Å². The lowest BCUT2D eigenvalue weighted by molar-refractivity contribution is -0.117. The number of aryl methyl sites for hydroxylation is 1. The van der Waals surface area contributed by atoms with Crippen molar-refractivity contribution in [3.05, 3.63) is 58.3 Å². The summed E-state index contributed by atoms with van der Waals surface area (Å²) < 4.78 is 14.0. The Hall–Kier alpha value is -2.41. The van der Waals surface area contributed by atoms with Gasteiger partial charge in [-0.1, -0.05) is 15.9 Å². The van der Waals surface area contributed by atoms with Crippen molar-refractivity contribution in [1.82, 2.24) is 5.32 Å².